The quantitative estimate of drug-likeness (QED) is 0.648. The molecule has 0 aromatic heterocycles. The zero-order valence-electron chi connectivity index (χ0n) is 13.1. The van der Waals surface area contributed by atoms with Crippen LogP contribution < -0.4 is 11.1 Å². The summed E-state index contributed by atoms with van der Waals surface area (Å²) < 4.78 is 0. The summed E-state index contributed by atoms with van der Waals surface area (Å²) in [6, 6.07) is 9.62. The van der Waals surface area contributed by atoms with Crippen LogP contribution >= 0.6 is 0 Å². The van der Waals surface area contributed by atoms with Crippen molar-refractivity contribution in [2.75, 3.05) is 13.2 Å². The predicted octanol–water partition coefficient (Wildman–Crippen LogP) is 1.72. The molecule has 1 rings (SSSR count). The molecule has 0 bridgehead atoms. The maximum absolute atomic E-state index is 12.1. The highest BCUT2D eigenvalue weighted by Gasteiger charge is 2.17. The first kappa shape index (κ1) is 17.7. The molecule has 4 heteroatoms. The molecule has 0 saturated heterocycles. The normalized spacial score (nSPS) is 14.0. The van der Waals surface area contributed by atoms with Gasteiger partial charge in [-0.25, -0.2) is 0 Å². The molecular formula is C17H28N2O2. The maximum atomic E-state index is 12.1. The number of carbonyl (C=O) groups excluding carboxylic acids is 1. The zero-order valence-corrected chi connectivity index (χ0v) is 13.1. The molecule has 2 atom stereocenters. The average Bonchev–Trinajstić information content (AvgIpc) is 2.46. The first-order chi connectivity index (χ1) is 10.0. The average molecular weight is 292 g/mol. The third kappa shape index (κ3) is 7.25. The second-order valence-corrected chi connectivity index (χ2v) is 6.07. The van der Waals surface area contributed by atoms with Gasteiger partial charge in [-0.3, -0.25) is 4.79 Å². The molecule has 0 aliphatic rings. The van der Waals surface area contributed by atoms with E-state index in [4.69, 9.17) is 5.73 Å². The Hall–Kier alpha value is -1.39. The standard InChI is InChI=1S/C17H28N2O2/c1-13(2)8-15(11-18)10-17(21)19-16(12-20)9-14-6-4-3-5-7-14/h3-7,13,15-16,20H,8-12,18H2,1-2H3,(H,19,21)/t15-,16+/m0/s1. The second-order valence-electron chi connectivity index (χ2n) is 6.07. The summed E-state index contributed by atoms with van der Waals surface area (Å²) in [5.41, 5.74) is 6.83. The summed E-state index contributed by atoms with van der Waals surface area (Å²) in [6.45, 7) is 4.73. The van der Waals surface area contributed by atoms with E-state index in [9.17, 15) is 9.90 Å². The Labute approximate surface area is 127 Å². The molecular weight excluding hydrogens is 264 g/mol. The topological polar surface area (TPSA) is 75.4 Å². The van der Waals surface area contributed by atoms with E-state index in [0.717, 1.165) is 12.0 Å². The molecule has 0 saturated carbocycles. The summed E-state index contributed by atoms with van der Waals surface area (Å²) in [7, 11) is 0. The fourth-order valence-corrected chi connectivity index (χ4v) is 2.54. The van der Waals surface area contributed by atoms with Crippen LogP contribution in [0.2, 0.25) is 0 Å². The Balaban J connectivity index is 2.46. The monoisotopic (exact) mass is 292 g/mol. The van der Waals surface area contributed by atoms with E-state index in [1.165, 1.54) is 0 Å². The van der Waals surface area contributed by atoms with Gasteiger partial charge in [-0.1, -0.05) is 44.2 Å². The number of carbonyl (C=O) groups is 1. The number of benzene rings is 1. The number of hydrogen-bond donors (Lipinski definition) is 3. The van der Waals surface area contributed by atoms with Gasteiger partial charge in [0.15, 0.2) is 0 Å². The lowest BCUT2D eigenvalue weighted by Crippen LogP contribution is -2.40. The van der Waals surface area contributed by atoms with Crippen molar-refractivity contribution in [2.24, 2.45) is 17.6 Å². The van der Waals surface area contributed by atoms with Crippen LogP contribution in [0, 0.1) is 11.8 Å². The highest BCUT2D eigenvalue weighted by atomic mass is 16.3. The molecule has 1 aromatic carbocycles. The number of amides is 1. The van der Waals surface area contributed by atoms with Gasteiger partial charge in [-0.15, -0.1) is 0 Å². The molecule has 4 N–H and O–H groups in total. The van der Waals surface area contributed by atoms with Gasteiger partial charge >= 0.3 is 0 Å². The Morgan fingerprint density at radius 3 is 2.48 bits per heavy atom. The van der Waals surface area contributed by atoms with Crippen LogP contribution in [0.3, 0.4) is 0 Å². The van der Waals surface area contributed by atoms with Crippen molar-refractivity contribution in [2.45, 2.75) is 39.2 Å². The highest BCUT2D eigenvalue weighted by Crippen LogP contribution is 2.14. The number of aliphatic hydroxyl groups is 1. The maximum Gasteiger partial charge on any atom is 0.220 e. The van der Waals surface area contributed by atoms with Crippen molar-refractivity contribution in [3.8, 4) is 0 Å². The molecule has 0 aliphatic carbocycles. The molecule has 21 heavy (non-hydrogen) atoms. The van der Waals surface area contributed by atoms with Crippen molar-refractivity contribution in [3.63, 3.8) is 0 Å². The predicted molar refractivity (Wildman–Crippen MR) is 85.8 cm³/mol. The second kappa shape index (κ2) is 9.53. The molecule has 4 nitrogen and oxygen atoms in total. The Morgan fingerprint density at radius 2 is 1.95 bits per heavy atom. The van der Waals surface area contributed by atoms with Crippen molar-refractivity contribution < 1.29 is 9.90 Å². The van der Waals surface area contributed by atoms with E-state index in [-0.39, 0.29) is 24.5 Å². The number of nitrogens with one attached hydrogen (secondary N) is 1. The summed E-state index contributed by atoms with van der Waals surface area (Å²) in [4.78, 5) is 12.1. The van der Waals surface area contributed by atoms with Gasteiger partial charge in [-0.05, 0) is 36.8 Å². The van der Waals surface area contributed by atoms with Gasteiger partial charge in [0.25, 0.3) is 0 Å². The zero-order chi connectivity index (χ0) is 15.7. The van der Waals surface area contributed by atoms with Gasteiger partial charge in [0.2, 0.25) is 5.91 Å². The van der Waals surface area contributed by atoms with Crippen LogP contribution in [-0.2, 0) is 11.2 Å². The van der Waals surface area contributed by atoms with Crippen LogP contribution in [-0.4, -0.2) is 30.2 Å². The van der Waals surface area contributed by atoms with Crippen LogP contribution in [0.1, 0.15) is 32.3 Å². The molecule has 0 radical (unpaired) electrons. The largest absolute Gasteiger partial charge is 0.394 e. The fraction of sp³-hybridized carbons (Fsp3) is 0.588. The molecule has 118 valence electrons. The summed E-state index contributed by atoms with van der Waals surface area (Å²) >= 11 is 0. The number of rotatable bonds is 9. The smallest absolute Gasteiger partial charge is 0.220 e. The Bertz CT molecular complexity index is 407. The minimum atomic E-state index is -0.239. The third-order valence-electron chi connectivity index (χ3n) is 3.52. The number of nitrogens with two attached hydrogens (primary N) is 1. The highest BCUT2D eigenvalue weighted by molar-refractivity contribution is 5.76. The van der Waals surface area contributed by atoms with Gasteiger partial charge < -0.3 is 16.2 Å². The minimum absolute atomic E-state index is 0.0268. The molecule has 0 spiro atoms. The molecule has 0 fully saturated rings. The molecule has 0 heterocycles. The molecule has 1 aromatic rings. The van der Waals surface area contributed by atoms with E-state index in [1.54, 1.807) is 0 Å². The van der Waals surface area contributed by atoms with Gasteiger partial charge in [0, 0.05) is 6.42 Å². The summed E-state index contributed by atoms with van der Waals surface area (Å²) in [5.74, 6) is 0.714. The SMILES string of the molecule is CC(C)C[C@H](CN)CC(=O)N[C@@H](CO)Cc1ccccc1. The molecule has 0 unspecified atom stereocenters. The van der Waals surface area contributed by atoms with Crippen molar-refractivity contribution in [3.05, 3.63) is 35.9 Å². The van der Waals surface area contributed by atoms with Gasteiger partial charge in [0.1, 0.15) is 0 Å². The fourth-order valence-electron chi connectivity index (χ4n) is 2.54. The first-order valence-electron chi connectivity index (χ1n) is 7.69. The van der Waals surface area contributed by atoms with E-state index in [1.807, 2.05) is 30.3 Å². The number of aliphatic hydroxyl groups excluding tert-OH is 1. The first-order valence-corrected chi connectivity index (χ1v) is 7.69. The third-order valence-corrected chi connectivity index (χ3v) is 3.52. The molecule has 1 amide bonds. The number of hydrogen-bond acceptors (Lipinski definition) is 3. The van der Waals surface area contributed by atoms with E-state index in [0.29, 0.717) is 25.3 Å². The van der Waals surface area contributed by atoms with E-state index >= 15 is 0 Å². The lowest BCUT2D eigenvalue weighted by Gasteiger charge is -2.20. The Kier molecular flexibility index (Phi) is 8.01. The summed E-state index contributed by atoms with van der Waals surface area (Å²) in [5, 5.41) is 12.3. The van der Waals surface area contributed by atoms with Crippen molar-refractivity contribution in [1.29, 1.82) is 0 Å². The Morgan fingerprint density at radius 1 is 1.29 bits per heavy atom. The molecule has 0 aliphatic heterocycles. The van der Waals surface area contributed by atoms with Crippen molar-refractivity contribution in [1.82, 2.24) is 5.32 Å². The van der Waals surface area contributed by atoms with Crippen LogP contribution in [0.25, 0.3) is 0 Å². The summed E-state index contributed by atoms with van der Waals surface area (Å²) in [6.07, 6.45) is 2.02. The van der Waals surface area contributed by atoms with Crippen LogP contribution in [0.5, 0.6) is 0 Å². The van der Waals surface area contributed by atoms with Gasteiger partial charge in [-0.2, -0.15) is 0 Å². The lowest BCUT2D eigenvalue weighted by molar-refractivity contribution is -0.123. The van der Waals surface area contributed by atoms with Gasteiger partial charge in [0.05, 0.1) is 12.6 Å². The van der Waals surface area contributed by atoms with Crippen LogP contribution in [0.15, 0.2) is 30.3 Å². The minimum Gasteiger partial charge on any atom is -0.394 e. The van der Waals surface area contributed by atoms with Crippen molar-refractivity contribution >= 4 is 5.91 Å². The van der Waals surface area contributed by atoms with E-state index in [2.05, 4.69) is 19.2 Å². The lowest BCUT2D eigenvalue weighted by atomic mass is 9.94. The van der Waals surface area contributed by atoms with E-state index < -0.39 is 0 Å². The van der Waals surface area contributed by atoms with Crippen LogP contribution in [0.4, 0.5) is 0 Å².